The van der Waals surface area contributed by atoms with Gasteiger partial charge in [-0.05, 0) is 24.3 Å². The van der Waals surface area contributed by atoms with Crippen molar-refractivity contribution < 1.29 is 30.6 Å². The van der Waals surface area contributed by atoms with E-state index < -0.39 is 15.6 Å². The highest BCUT2D eigenvalue weighted by Crippen LogP contribution is 2.39. The number of allylic oxidation sites excluding steroid dienone is 2. The monoisotopic (exact) mass is 284 g/mol. The van der Waals surface area contributed by atoms with Gasteiger partial charge in [0.05, 0.1) is 0 Å². The molecule has 4 nitrogen and oxygen atoms in total. The Hall–Kier alpha value is -1.05. The average Bonchev–Trinajstić information content (AvgIpc) is 2.12. The number of alkyl halides is 3. The molecule has 102 valence electrons. The van der Waals surface area contributed by atoms with Gasteiger partial charge in [-0.3, -0.25) is 4.79 Å². The minimum absolute atomic E-state index is 0.0604. The second-order valence-electron chi connectivity index (χ2n) is 4.63. The fraction of sp³-hybridized carbons (Fsp3) is 0.700. The first kappa shape index (κ1) is 13.4. The lowest BCUT2D eigenvalue weighted by Crippen LogP contribution is -2.30. The molecule has 0 aromatic rings. The molecule has 0 aromatic heterocycles. The average molecular weight is 284 g/mol. The molecule has 1 fully saturated rings. The lowest BCUT2D eigenvalue weighted by atomic mass is 9.75. The standard InChI is InChI=1S/C10H11F3O4S/c11-10(12,13)18(15,16)17-9-4-6-1-7(5-9)3-8(14)2-6/h4,6-7H,1-3,5H2/t6-,7+/m0/s1. The first-order valence-corrected chi connectivity index (χ1v) is 6.81. The van der Waals surface area contributed by atoms with Crippen LogP contribution in [0.3, 0.4) is 0 Å². The lowest BCUT2D eigenvalue weighted by molar-refractivity contribution is -0.122. The topological polar surface area (TPSA) is 60.4 Å². The molecule has 2 atom stereocenters. The molecule has 2 rings (SSSR count). The molecule has 0 unspecified atom stereocenters. The second kappa shape index (κ2) is 4.25. The number of Topliss-reactive ketones (excluding diaryl/α,β-unsaturated/α-hetero) is 1. The third kappa shape index (κ3) is 2.68. The van der Waals surface area contributed by atoms with Gasteiger partial charge in [0.15, 0.2) is 0 Å². The predicted octanol–water partition coefficient (Wildman–Crippen LogP) is 2.13. The molecule has 1 saturated carbocycles. The maximum absolute atomic E-state index is 12.1. The van der Waals surface area contributed by atoms with Crippen LogP contribution in [-0.4, -0.2) is 19.7 Å². The van der Waals surface area contributed by atoms with Gasteiger partial charge in [-0.25, -0.2) is 0 Å². The molecule has 0 N–H and O–H groups in total. The number of hydrogen-bond acceptors (Lipinski definition) is 4. The number of carbonyl (C=O) groups excluding carboxylic acids is 1. The molecule has 0 radical (unpaired) electrons. The van der Waals surface area contributed by atoms with E-state index >= 15 is 0 Å². The SMILES string of the molecule is O=C1C[C@H]2C=C(OS(=O)(=O)C(F)(F)F)C[C@@H](C1)C2. The molecule has 0 aromatic carbocycles. The van der Waals surface area contributed by atoms with Gasteiger partial charge in [-0.15, -0.1) is 0 Å². The number of fused-ring (bicyclic) bond motifs is 2. The first-order valence-electron chi connectivity index (χ1n) is 5.40. The third-order valence-electron chi connectivity index (χ3n) is 3.05. The van der Waals surface area contributed by atoms with Crippen molar-refractivity contribution in [3.05, 3.63) is 11.8 Å². The molecule has 2 bridgehead atoms. The third-order valence-corrected chi connectivity index (χ3v) is 4.05. The lowest BCUT2D eigenvalue weighted by Gasteiger charge is -2.31. The van der Waals surface area contributed by atoms with Crippen LogP contribution in [0.25, 0.3) is 0 Å². The van der Waals surface area contributed by atoms with E-state index in [0.29, 0.717) is 6.42 Å². The fourth-order valence-corrected chi connectivity index (χ4v) is 2.94. The Kier molecular flexibility index (Phi) is 3.16. The molecule has 0 heterocycles. The van der Waals surface area contributed by atoms with E-state index in [1.807, 2.05) is 0 Å². The molecular weight excluding hydrogens is 273 g/mol. The van der Waals surface area contributed by atoms with Gasteiger partial charge < -0.3 is 4.18 Å². The van der Waals surface area contributed by atoms with Crippen LogP contribution in [0.15, 0.2) is 11.8 Å². The van der Waals surface area contributed by atoms with Gasteiger partial charge in [0, 0.05) is 19.3 Å². The van der Waals surface area contributed by atoms with Gasteiger partial charge in [0.25, 0.3) is 0 Å². The van der Waals surface area contributed by atoms with E-state index in [1.165, 1.54) is 6.08 Å². The van der Waals surface area contributed by atoms with E-state index in [-0.39, 0.29) is 42.6 Å². The van der Waals surface area contributed by atoms with Crippen LogP contribution in [0.1, 0.15) is 25.7 Å². The zero-order chi connectivity index (χ0) is 13.6. The van der Waals surface area contributed by atoms with Crippen LogP contribution in [0.2, 0.25) is 0 Å². The second-order valence-corrected chi connectivity index (χ2v) is 6.17. The summed E-state index contributed by atoms with van der Waals surface area (Å²) in [4.78, 5) is 11.3. The summed E-state index contributed by atoms with van der Waals surface area (Å²) >= 11 is 0. The van der Waals surface area contributed by atoms with Crippen LogP contribution in [0, 0.1) is 11.8 Å². The van der Waals surface area contributed by atoms with Gasteiger partial charge >= 0.3 is 15.6 Å². The number of ketones is 1. The summed E-state index contributed by atoms with van der Waals surface area (Å²) in [5.41, 5.74) is -5.42. The van der Waals surface area contributed by atoms with E-state index in [0.717, 1.165) is 0 Å². The van der Waals surface area contributed by atoms with E-state index in [1.54, 1.807) is 0 Å². The number of hydrogen-bond donors (Lipinski definition) is 0. The summed E-state index contributed by atoms with van der Waals surface area (Å²) in [5, 5.41) is 0. The smallest absolute Gasteiger partial charge is 0.381 e. The van der Waals surface area contributed by atoms with Crippen LogP contribution in [-0.2, 0) is 19.1 Å². The molecule has 0 spiro atoms. The van der Waals surface area contributed by atoms with Gasteiger partial charge in [-0.1, -0.05) is 0 Å². The zero-order valence-electron chi connectivity index (χ0n) is 9.24. The summed E-state index contributed by atoms with van der Waals surface area (Å²) < 4.78 is 62.2. The quantitative estimate of drug-likeness (QED) is 0.575. The maximum Gasteiger partial charge on any atom is 0.534 e. The molecule has 0 saturated heterocycles. The van der Waals surface area contributed by atoms with Crippen molar-refractivity contribution in [3.8, 4) is 0 Å². The van der Waals surface area contributed by atoms with Crippen LogP contribution < -0.4 is 0 Å². The molecular formula is C10H11F3O4S. The minimum Gasteiger partial charge on any atom is -0.381 e. The summed E-state index contributed by atoms with van der Waals surface area (Å²) in [5.74, 6) is -0.450. The van der Waals surface area contributed by atoms with Crippen molar-refractivity contribution >= 4 is 15.9 Å². The molecule has 0 amide bonds. The van der Waals surface area contributed by atoms with Crippen LogP contribution >= 0.6 is 0 Å². The number of carbonyl (C=O) groups is 1. The van der Waals surface area contributed by atoms with E-state index in [2.05, 4.69) is 4.18 Å². The van der Waals surface area contributed by atoms with Crippen molar-refractivity contribution in [1.82, 2.24) is 0 Å². The highest BCUT2D eigenvalue weighted by molar-refractivity contribution is 7.87. The Morgan fingerprint density at radius 3 is 2.44 bits per heavy atom. The van der Waals surface area contributed by atoms with Crippen molar-refractivity contribution in [2.75, 3.05) is 0 Å². The highest BCUT2D eigenvalue weighted by Gasteiger charge is 2.49. The Labute approximate surface area is 102 Å². The first-order chi connectivity index (χ1) is 8.17. The van der Waals surface area contributed by atoms with E-state index in [9.17, 15) is 26.4 Å². The molecule has 2 aliphatic rings. The summed E-state index contributed by atoms with van der Waals surface area (Å²) in [6.45, 7) is 0. The Morgan fingerprint density at radius 2 is 1.89 bits per heavy atom. The predicted molar refractivity (Wildman–Crippen MR) is 54.6 cm³/mol. The largest absolute Gasteiger partial charge is 0.534 e. The van der Waals surface area contributed by atoms with Gasteiger partial charge in [0.2, 0.25) is 0 Å². The van der Waals surface area contributed by atoms with Gasteiger partial charge in [-0.2, -0.15) is 21.6 Å². The Balaban J connectivity index is 2.15. The number of rotatable bonds is 2. The highest BCUT2D eigenvalue weighted by atomic mass is 32.2. The van der Waals surface area contributed by atoms with Crippen molar-refractivity contribution in [1.29, 1.82) is 0 Å². The summed E-state index contributed by atoms with van der Waals surface area (Å²) in [7, 11) is -5.60. The normalized spacial score (nSPS) is 28.8. The van der Waals surface area contributed by atoms with Gasteiger partial charge in [0.1, 0.15) is 11.5 Å². The van der Waals surface area contributed by atoms with E-state index in [4.69, 9.17) is 0 Å². The molecule has 0 aliphatic heterocycles. The zero-order valence-corrected chi connectivity index (χ0v) is 10.1. The maximum atomic E-state index is 12.1. The van der Waals surface area contributed by atoms with Crippen LogP contribution in [0.4, 0.5) is 13.2 Å². The molecule has 2 aliphatic carbocycles. The summed E-state index contributed by atoms with van der Waals surface area (Å²) in [6.07, 6.45) is 2.62. The minimum atomic E-state index is -5.60. The molecule has 8 heteroatoms. The molecule has 18 heavy (non-hydrogen) atoms. The van der Waals surface area contributed by atoms with Crippen molar-refractivity contribution in [2.45, 2.75) is 31.2 Å². The van der Waals surface area contributed by atoms with Crippen LogP contribution in [0.5, 0.6) is 0 Å². The van der Waals surface area contributed by atoms with Crippen molar-refractivity contribution in [2.24, 2.45) is 11.8 Å². The van der Waals surface area contributed by atoms with Crippen molar-refractivity contribution in [3.63, 3.8) is 0 Å². The summed E-state index contributed by atoms with van der Waals surface area (Å²) in [6, 6.07) is 0. The fourth-order valence-electron chi connectivity index (χ4n) is 2.44. The number of halogens is 3. The Bertz CT molecular complexity index is 492. The Morgan fingerprint density at radius 1 is 1.22 bits per heavy atom.